The molecule has 2 rings (SSSR count). The van der Waals surface area contributed by atoms with E-state index in [0.29, 0.717) is 5.13 Å². The highest BCUT2D eigenvalue weighted by molar-refractivity contribution is 7.13. The lowest BCUT2D eigenvalue weighted by atomic mass is 10.2. The molecule has 4 N–H and O–H groups in total. The van der Waals surface area contributed by atoms with E-state index in [1.165, 1.54) is 11.3 Å². The second-order valence-electron chi connectivity index (χ2n) is 3.70. The van der Waals surface area contributed by atoms with Crippen LogP contribution in [-0.2, 0) is 6.42 Å². The molecule has 2 heterocycles. The van der Waals surface area contributed by atoms with Crippen molar-refractivity contribution in [3.8, 4) is 11.3 Å². The number of unbranched alkanes of at least 4 members (excludes halogenated alkanes) is 1. The Balaban J connectivity index is 2.02. The molecule has 0 aliphatic rings. The zero-order valence-electron chi connectivity index (χ0n) is 9.47. The molecule has 0 bridgehead atoms. The first-order valence-corrected chi connectivity index (χ1v) is 6.40. The number of aryl methyl sites for hydroxylation is 1. The summed E-state index contributed by atoms with van der Waals surface area (Å²) in [6, 6.07) is 0. The van der Waals surface area contributed by atoms with Crippen LogP contribution in [0, 0.1) is 0 Å². The fourth-order valence-electron chi connectivity index (χ4n) is 1.46. The maximum absolute atomic E-state index is 5.58. The molecule has 6 heteroatoms. The van der Waals surface area contributed by atoms with Crippen molar-refractivity contribution in [2.75, 3.05) is 12.3 Å². The molecule has 0 spiro atoms. The lowest BCUT2D eigenvalue weighted by Gasteiger charge is -2.00. The summed E-state index contributed by atoms with van der Waals surface area (Å²) in [7, 11) is 0. The predicted molar refractivity (Wildman–Crippen MR) is 69.5 cm³/mol. The van der Waals surface area contributed by atoms with Crippen molar-refractivity contribution >= 4 is 16.5 Å². The van der Waals surface area contributed by atoms with Gasteiger partial charge in [-0.05, 0) is 19.4 Å². The van der Waals surface area contributed by atoms with E-state index in [2.05, 4.69) is 15.0 Å². The summed E-state index contributed by atoms with van der Waals surface area (Å²) in [5.74, 6) is 0.852. The minimum absolute atomic E-state index is 0.562. The number of nitrogens with zero attached hydrogens (tertiary/aromatic N) is 3. The first kappa shape index (κ1) is 11.9. The lowest BCUT2D eigenvalue weighted by Crippen LogP contribution is -2.01. The van der Waals surface area contributed by atoms with Gasteiger partial charge in [-0.15, -0.1) is 11.3 Å². The molecule has 0 aliphatic heterocycles. The van der Waals surface area contributed by atoms with Crippen molar-refractivity contribution in [3.05, 3.63) is 23.6 Å². The highest BCUT2D eigenvalue weighted by atomic mass is 32.1. The molecule has 0 fully saturated rings. The van der Waals surface area contributed by atoms with E-state index in [4.69, 9.17) is 11.5 Å². The molecule has 90 valence electrons. The molecule has 0 amide bonds. The maximum Gasteiger partial charge on any atom is 0.180 e. The predicted octanol–water partition coefficient (Wildman–Crippen LogP) is 1.46. The number of aromatic nitrogens is 3. The number of nitrogen functional groups attached to an aromatic ring is 1. The first-order valence-electron chi connectivity index (χ1n) is 5.52. The van der Waals surface area contributed by atoms with E-state index < -0.39 is 0 Å². The van der Waals surface area contributed by atoms with Gasteiger partial charge < -0.3 is 11.5 Å². The van der Waals surface area contributed by atoms with Gasteiger partial charge in [-0.1, -0.05) is 0 Å². The molecule has 2 aromatic heterocycles. The van der Waals surface area contributed by atoms with Gasteiger partial charge in [0.2, 0.25) is 0 Å². The fourth-order valence-corrected chi connectivity index (χ4v) is 2.04. The first-order chi connectivity index (χ1) is 8.29. The summed E-state index contributed by atoms with van der Waals surface area (Å²) in [5, 5.41) is 2.47. The van der Waals surface area contributed by atoms with Crippen LogP contribution in [0.5, 0.6) is 0 Å². The van der Waals surface area contributed by atoms with Gasteiger partial charge in [-0.25, -0.2) is 15.0 Å². The Morgan fingerprint density at radius 2 is 1.94 bits per heavy atom. The van der Waals surface area contributed by atoms with E-state index in [0.717, 1.165) is 42.9 Å². The zero-order chi connectivity index (χ0) is 12.1. The fraction of sp³-hybridized carbons (Fsp3) is 0.364. The number of hydrogen-bond acceptors (Lipinski definition) is 6. The third-order valence-electron chi connectivity index (χ3n) is 2.38. The Morgan fingerprint density at radius 1 is 1.18 bits per heavy atom. The molecular formula is C11H15N5S. The van der Waals surface area contributed by atoms with Crippen LogP contribution < -0.4 is 11.5 Å². The van der Waals surface area contributed by atoms with Crippen molar-refractivity contribution in [2.24, 2.45) is 5.73 Å². The summed E-state index contributed by atoms with van der Waals surface area (Å²) in [5.41, 5.74) is 12.8. The van der Waals surface area contributed by atoms with Gasteiger partial charge in [0, 0.05) is 29.8 Å². The van der Waals surface area contributed by atoms with E-state index in [9.17, 15) is 0 Å². The molecule has 0 saturated carbocycles. The summed E-state index contributed by atoms with van der Waals surface area (Å²) >= 11 is 1.42. The summed E-state index contributed by atoms with van der Waals surface area (Å²) in [6.07, 6.45) is 6.49. The number of anilines is 1. The average molecular weight is 249 g/mol. The third-order valence-corrected chi connectivity index (χ3v) is 3.05. The standard InChI is InChI=1S/C11H15N5S/c12-4-2-1-3-10-14-5-8(6-15-10)9-7-17-11(13)16-9/h5-7H,1-4,12H2,(H2,13,16). The molecular weight excluding hydrogens is 234 g/mol. The normalized spacial score (nSPS) is 10.6. The van der Waals surface area contributed by atoms with Gasteiger partial charge in [-0.3, -0.25) is 0 Å². The SMILES string of the molecule is NCCCCc1ncc(-c2csc(N)n2)cn1. The second-order valence-corrected chi connectivity index (χ2v) is 4.59. The molecule has 0 radical (unpaired) electrons. The smallest absolute Gasteiger partial charge is 0.180 e. The quantitative estimate of drug-likeness (QED) is 0.783. The van der Waals surface area contributed by atoms with Crippen molar-refractivity contribution in [2.45, 2.75) is 19.3 Å². The Bertz CT molecular complexity index is 465. The Hall–Kier alpha value is -1.53. The van der Waals surface area contributed by atoms with Gasteiger partial charge in [0.25, 0.3) is 0 Å². The monoisotopic (exact) mass is 249 g/mol. The van der Waals surface area contributed by atoms with Gasteiger partial charge in [0.15, 0.2) is 5.13 Å². The minimum Gasteiger partial charge on any atom is -0.375 e. The molecule has 17 heavy (non-hydrogen) atoms. The number of nitrogens with two attached hydrogens (primary N) is 2. The van der Waals surface area contributed by atoms with Crippen molar-refractivity contribution in [1.29, 1.82) is 0 Å². The zero-order valence-corrected chi connectivity index (χ0v) is 10.3. The van der Waals surface area contributed by atoms with Crippen LogP contribution in [0.15, 0.2) is 17.8 Å². The molecule has 0 saturated heterocycles. The lowest BCUT2D eigenvalue weighted by molar-refractivity contribution is 0.716. The summed E-state index contributed by atoms with van der Waals surface area (Å²) in [6.45, 7) is 0.718. The Labute approximate surface area is 104 Å². The van der Waals surface area contributed by atoms with Crippen LogP contribution in [0.4, 0.5) is 5.13 Å². The van der Waals surface area contributed by atoms with Crippen molar-refractivity contribution in [1.82, 2.24) is 15.0 Å². The Kier molecular flexibility index (Phi) is 4.00. The van der Waals surface area contributed by atoms with Crippen LogP contribution in [0.1, 0.15) is 18.7 Å². The second kappa shape index (κ2) is 5.70. The van der Waals surface area contributed by atoms with Crippen LogP contribution in [0.2, 0.25) is 0 Å². The molecule has 2 aromatic rings. The van der Waals surface area contributed by atoms with Crippen molar-refractivity contribution < 1.29 is 0 Å². The van der Waals surface area contributed by atoms with Crippen LogP contribution >= 0.6 is 11.3 Å². The Morgan fingerprint density at radius 3 is 2.53 bits per heavy atom. The van der Waals surface area contributed by atoms with Gasteiger partial charge >= 0.3 is 0 Å². The molecule has 5 nitrogen and oxygen atoms in total. The van der Waals surface area contributed by atoms with E-state index in [1.54, 1.807) is 12.4 Å². The van der Waals surface area contributed by atoms with Gasteiger partial charge in [0.1, 0.15) is 5.82 Å². The third kappa shape index (κ3) is 3.21. The molecule has 0 atom stereocenters. The van der Waals surface area contributed by atoms with Crippen LogP contribution in [-0.4, -0.2) is 21.5 Å². The highest BCUT2D eigenvalue weighted by Crippen LogP contribution is 2.21. The average Bonchev–Trinajstić information content (AvgIpc) is 2.77. The van der Waals surface area contributed by atoms with Gasteiger partial charge in [0.05, 0.1) is 5.69 Å². The minimum atomic E-state index is 0.562. The molecule has 0 unspecified atom stereocenters. The number of hydrogen-bond donors (Lipinski definition) is 2. The number of thiazole rings is 1. The summed E-state index contributed by atoms with van der Waals surface area (Å²) in [4.78, 5) is 12.8. The van der Waals surface area contributed by atoms with Crippen molar-refractivity contribution in [3.63, 3.8) is 0 Å². The largest absolute Gasteiger partial charge is 0.375 e. The molecule has 0 aromatic carbocycles. The van der Waals surface area contributed by atoms with Crippen LogP contribution in [0.25, 0.3) is 11.3 Å². The topological polar surface area (TPSA) is 90.7 Å². The van der Waals surface area contributed by atoms with E-state index in [1.807, 2.05) is 5.38 Å². The van der Waals surface area contributed by atoms with Crippen LogP contribution in [0.3, 0.4) is 0 Å². The van der Waals surface area contributed by atoms with E-state index >= 15 is 0 Å². The summed E-state index contributed by atoms with van der Waals surface area (Å²) < 4.78 is 0. The van der Waals surface area contributed by atoms with Gasteiger partial charge in [-0.2, -0.15) is 0 Å². The number of rotatable bonds is 5. The maximum atomic E-state index is 5.58. The highest BCUT2D eigenvalue weighted by Gasteiger charge is 2.04. The molecule has 0 aliphatic carbocycles. The van der Waals surface area contributed by atoms with E-state index in [-0.39, 0.29) is 0 Å².